The molecule has 0 fully saturated rings. The first-order chi connectivity index (χ1) is 4.81. The monoisotopic (exact) mass is 144 g/mol. The average molecular weight is 144 g/mol. The van der Waals surface area contributed by atoms with Crippen molar-refractivity contribution < 1.29 is 5.11 Å². The maximum atomic E-state index is 9.05. The Morgan fingerprint density at radius 2 is 2.40 bits per heavy atom. The summed E-state index contributed by atoms with van der Waals surface area (Å²) < 4.78 is 0. The Hall–Kier alpha value is -0.380. The molecule has 3 heteroatoms. The van der Waals surface area contributed by atoms with E-state index in [2.05, 4.69) is 11.9 Å². The van der Waals surface area contributed by atoms with Crippen LogP contribution in [0, 0.1) is 0 Å². The van der Waals surface area contributed by atoms with Gasteiger partial charge in [0, 0.05) is 6.42 Å². The minimum atomic E-state index is -0.455. The molecule has 0 rings (SSSR count). The van der Waals surface area contributed by atoms with Gasteiger partial charge in [-0.3, -0.25) is 5.32 Å². The lowest BCUT2D eigenvalue weighted by Gasteiger charge is -2.08. The highest BCUT2D eigenvalue weighted by Gasteiger charge is 1.96. The third-order valence-corrected chi connectivity index (χ3v) is 1.15. The van der Waals surface area contributed by atoms with Gasteiger partial charge in [-0.2, -0.15) is 0 Å². The molecule has 0 spiro atoms. The second kappa shape index (κ2) is 6.74. The van der Waals surface area contributed by atoms with Crippen molar-refractivity contribution in [1.82, 2.24) is 5.32 Å². The summed E-state index contributed by atoms with van der Waals surface area (Å²) in [4.78, 5) is 0. The first-order valence-corrected chi connectivity index (χ1v) is 3.53. The molecule has 0 aromatic rings. The fraction of sp³-hybridized carbons (Fsp3) is 0.714. The van der Waals surface area contributed by atoms with Crippen molar-refractivity contribution in [1.29, 1.82) is 0 Å². The highest BCUT2D eigenvalue weighted by Crippen LogP contribution is 1.86. The second-order valence-corrected chi connectivity index (χ2v) is 2.14. The largest absolute Gasteiger partial charge is 0.378 e. The maximum absolute atomic E-state index is 9.05. The minimum Gasteiger partial charge on any atom is -0.378 e. The predicted molar refractivity (Wildman–Crippen MR) is 42.5 cm³/mol. The van der Waals surface area contributed by atoms with Gasteiger partial charge in [0.05, 0.1) is 0 Å². The molecule has 0 aliphatic heterocycles. The summed E-state index contributed by atoms with van der Waals surface area (Å²) in [5.74, 6) is 0. The molecule has 0 aromatic carbocycles. The van der Waals surface area contributed by atoms with Gasteiger partial charge in [-0.25, -0.2) is 0 Å². The molecule has 0 radical (unpaired) electrons. The molecule has 0 heterocycles. The van der Waals surface area contributed by atoms with Gasteiger partial charge in [-0.1, -0.05) is 6.08 Å². The molecule has 0 aliphatic rings. The van der Waals surface area contributed by atoms with Crippen LogP contribution in [0.3, 0.4) is 0 Å². The quantitative estimate of drug-likeness (QED) is 0.275. The van der Waals surface area contributed by atoms with E-state index in [1.54, 1.807) is 6.08 Å². The molecule has 0 bridgehead atoms. The number of nitrogens with one attached hydrogen (secondary N) is 1. The molecule has 1 atom stereocenters. The van der Waals surface area contributed by atoms with Crippen molar-refractivity contribution in [2.75, 3.05) is 13.1 Å². The van der Waals surface area contributed by atoms with Crippen LogP contribution >= 0.6 is 0 Å². The Bertz CT molecular complexity index is 85.7. The molecule has 0 aromatic heterocycles. The summed E-state index contributed by atoms with van der Waals surface area (Å²) in [5, 5.41) is 11.9. The van der Waals surface area contributed by atoms with Gasteiger partial charge in [-0.15, -0.1) is 6.58 Å². The van der Waals surface area contributed by atoms with Crippen molar-refractivity contribution in [3.8, 4) is 0 Å². The standard InChI is InChI=1S/C7H16N2O/c1-2-4-7(10)9-6-3-5-8/h2,7,9-10H,1,3-6,8H2. The van der Waals surface area contributed by atoms with Crippen molar-refractivity contribution in [3.05, 3.63) is 12.7 Å². The van der Waals surface area contributed by atoms with E-state index in [0.29, 0.717) is 13.0 Å². The van der Waals surface area contributed by atoms with Gasteiger partial charge >= 0.3 is 0 Å². The van der Waals surface area contributed by atoms with E-state index in [9.17, 15) is 0 Å². The number of hydrogen-bond acceptors (Lipinski definition) is 3. The molecule has 10 heavy (non-hydrogen) atoms. The van der Waals surface area contributed by atoms with E-state index in [0.717, 1.165) is 13.0 Å². The normalized spacial score (nSPS) is 13.0. The Morgan fingerprint density at radius 1 is 1.70 bits per heavy atom. The molecule has 3 nitrogen and oxygen atoms in total. The summed E-state index contributed by atoms with van der Waals surface area (Å²) >= 11 is 0. The zero-order valence-corrected chi connectivity index (χ0v) is 6.21. The van der Waals surface area contributed by atoms with Crippen LogP contribution in [0.1, 0.15) is 12.8 Å². The third kappa shape index (κ3) is 5.75. The SMILES string of the molecule is C=CCC(O)NCCCN. The van der Waals surface area contributed by atoms with Crippen molar-refractivity contribution in [3.63, 3.8) is 0 Å². The highest BCUT2D eigenvalue weighted by molar-refractivity contribution is 4.70. The molecule has 0 saturated heterocycles. The molecular weight excluding hydrogens is 128 g/mol. The Balaban J connectivity index is 3.04. The van der Waals surface area contributed by atoms with Gasteiger partial charge < -0.3 is 10.8 Å². The van der Waals surface area contributed by atoms with Crippen LogP contribution in [0.25, 0.3) is 0 Å². The first-order valence-electron chi connectivity index (χ1n) is 3.53. The van der Waals surface area contributed by atoms with Gasteiger partial charge in [-0.05, 0) is 19.5 Å². The van der Waals surface area contributed by atoms with Crippen LogP contribution in [-0.2, 0) is 0 Å². The van der Waals surface area contributed by atoms with Crippen molar-refractivity contribution >= 4 is 0 Å². The fourth-order valence-electron chi connectivity index (χ4n) is 0.612. The molecule has 4 N–H and O–H groups in total. The lowest BCUT2D eigenvalue weighted by Crippen LogP contribution is -2.29. The summed E-state index contributed by atoms with van der Waals surface area (Å²) in [6.07, 6.45) is 2.71. The van der Waals surface area contributed by atoms with Crippen LogP contribution in [0.5, 0.6) is 0 Å². The smallest absolute Gasteiger partial charge is 0.108 e. The second-order valence-electron chi connectivity index (χ2n) is 2.14. The third-order valence-electron chi connectivity index (χ3n) is 1.15. The number of aliphatic hydroxyl groups is 1. The topological polar surface area (TPSA) is 58.3 Å². The number of nitrogens with two attached hydrogens (primary N) is 1. The lowest BCUT2D eigenvalue weighted by atomic mass is 10.3. The van der Waals surface area contributed by atoms with Gasteiger partial charge in [0.2, 0.25) is 0 Å². The van der Waals surface area contributed by atoms with Crippen LogP contribution in [0.15, 0.2) is 12.7 Å². The van der Waals surface area contributed by atoms with Crippen molar-refractivity contribution in [2.45, 2.75) is 19.1 Å². The van der Waals surface area contributed by atoms with Crippen LogP contribution in [0.4, 0.5) is 0 Å². The van der Waals surface area contributed by atoms with Crippen LogP contribution in [0.2, 0.25) is 0 Å². The summed E-state index contributed by atoms with van der Waals surface area (Å²) in [6, 6.07) is 0. The Kier molecular flexibility index (Phi) is 6.48. The predicted octanol–water partition coefficient (Wildman–Crippen LogP) is -0.181. The van der Waals surface area contributed by atoms with Crippen molar-refractivity contribution in [2.24, 2.45) is 5.73 Å². The van der Waals surface area contributed by atoms with Gasteiger partial charge in [0.15, 0.2) is 0 Å². The number of hydrogen-bond donors (Lipinski definition) is 3. The van der Waals surface area contributed by atoms with E-state index in [1.807, 2.05) is 0 Å². The van der Waals surface area contributed by atoms with E-state index < -0.39 is 6.23 Å². The molecule has 60 valence electrons. The van der Waals surface area contributed by atoms with Gasteiger partial charge in [0.1, 0.15) is 6.23 Å². The van der Waals surface area contributed by atoms with Gasteiger partial charge in [0.25, 0.3) is 0 Å². The van der Waals surface area contributed by atoms with Crippen LogP contribution < -0.4 is 11.1 Å². The Morgan fingerprint density at radius 3 is 2.90 bits per heavy atom. The minimum absolute atomic E-state index is 0.455. The van der Waals surface area contributed by atoms with E-state index in [1.165, 1.54) is 0 Å². The molecule has 0 amide bonds. The summed E-state index contributed by atoms with van der Waals surface area (Å²) in [6.45, 7) is 4.93. The molecule has 0 saturated carbocycles. The molecule has 0 aliphatic carbocycles. The molecular formula is C7H16N2O. The summed E-state index contributed by atoms with van der Waals surface area (Å²) in [7, 11) is 0. The summed E-state index contributed by atoms with van der Waals surface area (Å²) in [5.41, 5.74) is 5.25. The lowest BCUT2D eigenvalue weighted by molar-refractivity contribution is 0.140. The van der Waals surface area contributed by atoms with E-state index >= 15 is 0 Å². The van der Waals surface area contributed by atoms with Crippen LogP contribution in [-0.4, -0.2) is 24.4 Å². The Labute approximate surface area is 61.9 Å². The highest BCUT2D eigenvalue weighted by atomic mass is 16.3. The van der Waals surface area contributed by atoms with E-state index in [-0.39, 0.29) is 0 Å². The average Bonchev–Trinajstić information content (AvgIpc) is 1.89. The fourth-order valence-corrected chi connectivity index (χ4v) is 0.612. The maximum Gasteiger partial charge on any atom is 0.108 e. The molecule has 1 unspecified atom stereocenters. The zero-order chi connectivity index (χ0) is 7.82. The zero-order valence-electron chi connectivity index (χ0n) is 6.21. The number of rotatable bonds is 6. The number of aliphatic hydroxyl groups excluding tert-OH is 1. The first kappa shape index (κ1) is 9.62. The van der Waals surface area contributed by atoms with E-state index in [4.69, 9.17) is 10.8 Å².